The molecule has 0 heterocycles. The monoisotopic (exact) mass is 754 g/mol. The lowest BCUT2D eigenvalue weighted by Gasteiger charge is -2.27. The molecule has 5 aromatic rings. The van der Waals surface area contributed by atoms with E-state index in [4.69, 9.17) is 25.7 Å². The molecule has 8 nitrogen and oxygen atoms in total. The highest BCUT2D eigenvalue weighted by Gasteiger charge is 2.20. The maximum atomic E-state index is 5.79. The van der Waals surface area contributed by atoms with E-state index in [0.717, 1.165) is 80.6 Å². The summed E-state index contributed by atoms with van der Waals surface area (Å²) in [6.07, 6.45) is 24.2. The normalized spacial score (nSPS) is 16.7. The second-order valence-electron chi connectivity index (χ2n) is 14.1. The van der Waals surface area contributed by atoms with Gasteiger partial charge in [-0.25, -0.2) is 25.0 Å². The van der Waals surface area contributed by atoms with Crippen molar-refractivity contribution in [2.24, 2.45) is 25.0 Å². The first kappa shape index (κ1) is 37.2. The molecule has 3 aliphatic rings. The number of nitrogens with zero attached hydrogens (tertiary/aromatic N) is 5. The Morgan fingerprint density at radius 2 is 0.776 bits per heavy atom. The highest BCUT2D eigenvalue weighted by molar-refractivity contribution is 6.20. The molecule has 282 valence electrons. The van der Waals surface area contributed by atoms with Crippen molar-refractivity contribution < 1.29 is 0 Å². The van der Waals surface area contributed by atoms with Crippen molar-refractivity contribution >= 4 is 74.1 Å². The Labute approximate surface area is 339 Å². The number of benzene rings is 5. The van der Waals surface area contributed by atoms with Crippen LogP contribution in [0.1, 0.15) is 12.5 Å². The Hall–Kier alpha value is -7.71. The predicted molar refractivity (Wildman–Crippen MR) is 246 cm³/mol. The van der Waals surface area contributed by atoms with E-state index in [-0.39, 0.29) is 5.54 Å². The molecule has 0 fully saturated rings. The molecule has 4 N–H and O–H groups in total. The molecule has 0 amide bonds. The molecule has 0 atom stereocenters. The highest BCUT2D eigenvalue weighted by Crippen LogP contribution is 2.26. The van der Waals surface area contributed by atoms with Gasteiger partial charge in [0.2, 0.25) is 0 Å². The number of anilines is 3. The molecule has 0 saturated heterocycles. The molecule has 0 aliphatic heterocycles. The van der Waals surface area contributed by atoms with E-state index >= 15 is 0 Å². The molecule has 8 heteroatoms. The van der Waals surface area contributed by atoms with Crippen molar-refractivity contribution in [2.75, 3.05) is 16.4 Å². The standard InChI is InChI=1S/C50H42N8/c1-50(58-49-11-7-36(8-12-49)35-52-38-13-9-37(51)10-14-38)33-31-48(32-34-50)57-47-29-27-46(28-30-47)56-45-25-23-44(24-26-45)55-43-21-19-42(20-22-43)54-41-17-15-40(16-18-41)53-39-5-3-2-4-6-39/h2-34,52,58H,35,51H2,1H3. The van der Waals surface area contributed by atoms with Gasteiger partial charge in [0.25, 0.3) is 0 Å². The minimum atomic E-state index is -0.329. The Balaban J connectivity index is 0.811. The lowest BCUT2D eigenvalue weighted by atomic mass is 9.95. The number of nitrogen functional groups attached to an aromatic ring is 1. The summed E-state index contributed by atoms with van der Waals surface area (Å²) in [7, 11) is 0. The molecule has 0 saturated carbocycles. The van der Waals surface area contributed by atoms with E-state index in [1.165, 1.54) is 5.56 Å². The topological polar surface area (TPSA) is 112 Å². The van der Waals surface area contributed by atoms with Gasteiger partial charge in [-0.1, -0.05) is 42.5 Å². The predicted octanol–water partition coefficient (Wildman–Crippen LogP) is 11.9. The third-order valence-corrected chi connectivity index (χ3v) is 9.42. The maximum Gasteiger partial charge on any atom is 0.0719 e. The lowest BCUT2D eigenvalue weighted by molar-refractivity contribution is 0.797. The van der Waals surface area contributed by atoms with Crippen LogP contribution in [0.3, 0.4) is 0 Å². The van der Waals surface area contributed by atoms with Gasteiger partial charge in [0.15, 0.2) is 0 Å². The van der Waals surface area contributed by atoms with Crippen LogP contribution in [-0.2, 0) is 6.54 Å². The molecule has 8 rings (SSSR count). The Bertz CT molecular complexity index is 2550. The van der Waals surface area contributed by atoms with Crippen LogP contribution in [0.2, 0.25) is 0 Å². The van der Waals surface area contributed by atoms with Crippen molar-refractivity contribution in [3.05, 3.63) is 206 Å². The Kier molecular flexibility index (Phi) is 11.2. The van der Waals surface area contributed by atoms with Crippen molar-refractivity contribution in [1.29, 1.82) is 0 Å². The average Bonchev–Trinajstić information content (AvgIpc) is 3.25. The molecule has 5 aromatic carbocycles. The minimum absolute atomic E-state index is 0.329. The zero-order valence-electron chi connectivity index (χ0n) is 32.1. The molecule has 0 radical (unpaired) electrons. The van der Waals surface area contributed by atoms with Gasteiger partial charge in [-0.3, -0.25) is 0 Å². The van der Waals surface area contributed by atoms with E-state index < -0.39 is 0 Å². The second kappa shape index (κ2) is 17.4. The zero-order chi connectivity index (χ0) is 39.6. The summed E-state index contributed by atoms with van der Waals surface area (Å²) in [5, 5.41) is 7.05. The van der Waals surface area contributed by atoms with E-state index in [1.54, 1.807) is 0 Å². The number of rotatable bonds is 10. The average molecular weight is 755 g/mol. The van der Waals surface area contributed by atoms with Gasteiger partial charge in [-0.05, 0) is 170 Å². The van der Waals surface area contributed by atoms with Gasteiger partial charge in [0.1, 0.15) is 0 Å². The first-order chi connectivity index (χ1) is 28.4. The van der Waals surface area contributed by atoms with E-state index in [0.29, 0.717) is 0 Å². The fraction of sp³-hybridized carbons (Fsp3) is 0.0600. The second-order valence-corrected chi connectivity index (χ2v) is 14.1. The molecular weight excluding hydrogens is 713 g/mol. The van der Waals surface area contributed by atoms with Gasteiger partial charge in [0.05, 0.1) is 62.5 Å². The molecule has 3 aliphatic carbocycles. The lowest BCUT2D eigenvalue weighted by Crippen LogP contribution is -2.31. The van der Waals surface area contributed by atoms with Crippen molar-refractivity contribution in [2.45, 2.75) is 19.0 Å². The third-order valence-electron chi connectivity index (χ3n) is 9.42. The Morgan fingerprint density at radius 3 is 1.19 bits per heavy atom. The fourth-order valence-electron chi connectivity index (χ4n) is 6.26. The SMILES string of the molecule is CC1(Nc2ccc(CNc3ccc(N)cc3)cc2)C=CC(=Nc2ccc(N=C3C=CC(=Nc4ccc(N=C5C=CC(=Nc6ccccc6)C=C5)cc4)C=C3)cc2)C=C1. The first-order valence-electron chi connectivity index (χ1n) is 19.1. The largest absolute Gasteiger partial charge is 0.399 e. The summed E-state index contributed by atoms with van der Waals surface area (Å²) in [6.45, 7) is 2.88. The Morgan fingerprint density at radius 1 is 0.414 bits per heavy atom. The van der Waals surface area contributed by atoms with Crippen molar-refractivity contribution in [1.82, 2.24) is 0 Å². The third kappa shape index (κ3) is 10.3. The van der Waals surface area contributed by atoms with Gasteiger partial charge >= 0.3 is 0 Å². The summed E-state index contributed by atoms with van der Waals surface area (Å²) in [4.78, 5) is 23.8. The van der Waals surface area contributed by atoms with Gasteiger partial charge in [-0.2, -0.15) is 0 Å². The van der Waals surface area contributed by atoms with Crippen LogP contribution in [-0.4, -0.2) is 34.1 Å². The van der Waals surface area contributed by atoms with E-state index in [2.05, 4.69) is 71.1 Å². The number of aliphatic imine (C=N–C) groups is 5. The number of hydrogen-bond acceptors (Lipinski definition) is 8. The van der Waals surface area contributed by atoms with Crippen LogP contribution >= 0.6 is 0 Å². The summed E-state index contributed by atoms with van der Waals surface area (Å²) < 4.78 is 0. The quantitative estimate of drug-likeness (QED) is 0.0974. The first-order valence-corrected chi connectivity index (χ1v) is 19.1. The van der Waals surface area contributed by atoms with E-state index in [9.17, 15) is 0 Å². The van der Waals surface area contributed by atoms with E-state index in [1.807, 2.05) is 152 Å². The molecule has 58 heavy (non-hydrogen) atoms. The molecule has 0 spiro atoms. The minimum Gasteiger partial charge on any atom is -0.399 e. The summed E-state index contributed by atoms with van der Waals surface area (Å²) >= 11 is 0. The van der Waals surface area contributed by atoms with Crippen LogP contribution in [0.15, 0.2) is 225 Å². The molecular formula is C50H42N8. The number of para-hydroxylation sites is 1. The van der Waals surface area contributed by atoms with Gasteiger partial charge in [0, 0.05) is 23.6 Å². The highest BCUT2D eigenvalue weighted by atomic mass is 15.0. The fourth-order valence-corrected chi connectivity index (χ4v) is 6.26. The van der Waals surface area contributed by atoms with Crippen LogP contribution < -0.4 is 16.4 Å². The van der Waals surface area contributed by atoms with Gasteiger partial charge < -0.3 is 16.4 Å². The van der Waals surface area contributed by atoms with Crippen LogP contribution in [0.5, 0.6) is 0 Å². The van der Waals surface area contributed by atoms with Crippen LogP contribution in [0, 0.1) is 0 Å². The molecule has 0 bridgehead atoms. The maximum absolute atomic E-state index is 5.79. The van der Waals surface area contributed by atoms with Crippen molar-refractivity contribution in [3.8, 4) is 0 Å². The zero-order valence-corrected chi connectivity index (χ0v) is 32.1. The summed E-state index contributed by atoms with van der Waals surface area (Å²) in [5.41, 5.74) is 18.2. The summed E-state index contributed by atoms with van der Waals surface area (Å²) in [5.74, 6) is 0. The number of hydrogen-bond donors (Lipinski definition) is 3. The van der Waals surface area contributed by atoms with Crippen molar-refractivity contribution in [3.63, 3.8) is 0 Å². The molecule has 0 aromatic heterocycles. The van der Waals surface area contributed by atoms with Gasteiger partial charge in [-0.15, -0.1) is 0 Å². The summed E-state index contributed by atoms with van der Waals surface area (Å²) in [6, 6.07) is 42.0. The number of nitrogens with one attached hydrogen (secondary N) is 2. The number of nitrogens with two attached hydrogens (primary N) is 1. The molecule has 0 unspecified atom stereocenters. The van der Waals surface area contributed by atoms with Crippen LogP contribution in [0.4, 0.5) is 45.5 Å². The smallest absolute Gasteiger partial charge is 0.0719 e. The van der Waals surface area contributed by atoms with Crippen LogP contribution in [0.25, 0.3) is 0 Å². The number of allylic oxidation sites excluding steroid dienone is 10.